The first-order valence-electron chi connectivity index (χ1n) is 10.1. The molecule has 2 aromatic carbocycles. The smallest absolute Gasteiger partial charge is 0.216 e. The molecule has 0 saturated heterocycles. The minimum Gasteiger partial charge on any atom is -0.507 e. The summed E-state index contributed by atoms with van der Waals surface area (Å²) < 4.78 is 18.0. The zero-order valence-corrected chi connectivity index (χ0v) is 19.6. The van der Waals surface area contributed by atoms with Crippen molar-refractivity contribution in [3.05, 3.63) is 40.7 Å². The molecule has 32 heavy (non-hydrogen) atoms. The molecule has 0 aliphatic carbocycles. The Labute approximate surface area is 191 Å². The number of methoxy groups -OCH3 is 3. The lowest BCUT2D eigenvalue weighted by atomic mass is 10.1. The quantitative estimate of drug-likeness (QED) is 0.369. The van der Waals surface area contributed by atoms with Crippen molar-refractivity contribution in [1.82, 2.24) is 14.9 Å². The summed E-state index contributed by atoms with van der Waals surface area (Å²) in [6, 6.07) is 9.00. The van der Waals surface area contributed by atoms with Gasteiger partial charge in [0.1, 0.15) is 5.75 Å². The molecule has 0 atom stereocenters. The van der Waals surface area contributed by atoms with Crippen LogP contribution in [0.1, 0.15) is 19.4 Å². The van der Waals surface area contributed by atoms with E-state index < -0.39 is 0 Å². The van der Waals surface area contributed by atoms with E-state index in [4.69, 9.17) is 26.4 Å². The summed E-state index contributed by atoms with van der Waals surface area (Å²) in [7, 11) is 4.63. The van der Waals surface area contributed by atoms with Crippen molar-refractivity contribution < 1.29 is 19.3 Å². The topological polar surface area (TPSA) is 97.1 Å². The number of rotatable bonds is 9. The second-order valence-corrected chi connectivity index (χ2v) is 7.12. The standard InChI is InChI=1S/C22H27N5O4S/c1-6-26(7-2)16-9-8-14(17(28)12-16)13-23-27-21(24-25-22(27)32)15-10-18(29-3)20(31-5)19(11-15)30-4/h8-13,28H,6-7H2,1-5H3,(H,25,32)/b23-13-. The number of nitrogens with one attached hydrogen (secondary N) is 1. The molecule has 0 bridgehead atoms. The van der Waals surface area contributed by atoms with Gasteiger partial charge in [0.05, 0.1) is 27.5 Å². The fourth-order valence-corrected chi connectivity index (χ4v) is 3.52. The Morgan fingerprint density at radius 2 is 1.75 bits per heavy atom. The summed E-state index contributed by atoms with van der Waals surface area (Å²) in [6.45, 7) is 5.85. The number of H-pyrrole nitrogens is 1. The van der Waals surface area contributed by atoms with Gasteiger partial charge in [-0.2, -0.15) is 14.9 Å². The van der Waals surface area contributed by atoms with Crippen LogP contribution in [0.15, 0.2) is 35.4 Å². The zero-order valence-electron chi connectivity index (χ0n) is 18.7. The van der Waals surface area contributed by atoms with Gasteiger partial charge in [0.15, 0.2) is 17.3 Å². The number of benzene rings is 2. The number of aromatic amines is 1. The Bertz CT molecular complexity index is 1140. The Balaban J connectivity index is 2.01. The summed E-state index contributed by atoms with van der Waals surface area (Å²) in [5, 5.41) is 22.0. The molecule has 10 heteroatoms. The molecule has 1 heterocycles. The van der Waals surface area contributed by atoms with Gasteiger partial charge in [0.2, 0.25) is 10.5 Å². The highest BCUT2D eigenvalue weighted by molar-refractivity contribution is 7.71. The molecular weight excluding hydrogens is 430 g/mol. The van der Waals surface area contributed by atoms with Crippen molar-refractivity contribution in [2.75, 3.05) is 39.3 Å². The van der Waals surface area contributed by atoms with E-state index in [1.54, 1.807) is 39.5 Å². The molecule has 0 amide bonds. The van der Waals surface area contributed by atoms with E-state index in [1.807, 2.05) is 12.1 Å². The van der Waals surface area contributed by atoms with Gasteiger partial charge in [-0.05, 0) is 50.3 Å². The van der Waals surface area contributed by atoms with Crippen molar-refractivity contribution in [2.24, 2.45) is 5.10 Å². The molecule has 0 aliphatic rings. The van der Waals surface area contributed by atoms with Crippen LogP contribution in [0.5, 0.6) is 23.0 Å². The van der Waals surface area contributed by atoms with Crippen LogP contribution in [0.4, 0.5) is 5.69 Å². The van der Waals surface area contributed by atoms with E-state index in [9.17, 15) is 5.11 Å². The predicted molar refractivity (Wildman–Crippen MR) is 127 cm³/mol. The number of phenolic OH excluding ortho intramolecular Hbond substituents is 1. The molecule has 0 radical (unpaired) electrons. The molecular formula is C22H27N5O4S. The molecule has 0 fully saturated rings. The fraction of sp³-hybridized carbons (Fsp3) is 0.318. The van der Waals surface area contributed by atoms with Gasteiger partial charge in [-0.25, -0.2) is 5.10 Å². The highest BCUT2D eigenvalue weighted by atomic mass is 32.1. The minimum absolute atomic E-state index is 0.127. The van der Waals surface area contributed by atoms with Crippen molar-refractivity contribution >= 4 is 24.1 Å². The first-order valence-corrected chi connectivity index (χ1v) is 10.5. The summed E-state index contributed by atoms with van der Waals surface area (Å²) in [5.74, 6) is 2.01. The normalized spacial score (nSPS) is 11.0. The van der Waals surface area contributed by atoms with Gasteiger partial charge >= 0.3 is 0 Å². The average molecular weight is 458 g/mol. The molecule has 3 aromatic rings. The molecule has 170 valence electrons. The van der Waals surface area contributed by atoms with Crippen LogP contribution < -0.4 is 19.1 Å². The third-order valence-electron chi connectivity index (χ3n) is 5.03. The maximum absolute atomic E-state index is 10.5. The van der Waals surface area contributed by atoms with E-state index in [1.165, 1.54) is 10.9 Å². The van der Waals surface area contributed by atoms with E-state index >= 15 is 0 Å². The van der Waals surface area contributed by atoms with E-state index in [2.05, 4.69) is 34.0 Å². The van der Waals surface area contributed by atoms with E-state index in [0.29, 0.717) is 39.0 Å². The minimum atomic E-state index is 0.127. The molecule has 9 nitrogen and oxygen atoms in total. The van der Waals surface area contributed by atoms with Crippen molar-refractivity contribution in [2.45, 2.75) is 13.8 Å². The second kappa shape index (κ2) is 10.2. The number of hydrogen-bond acceptors (Lipinski definition) is 8. The first kappa shape index (κ1) is 23.1. The predicted octanol–water partition coefficient (Wildman–Crippen LogP) is 4.07. The summed E-state index contributed by atoms with van der Waals surface area (Å²) in [4.78, 5) is 2.15. The first-order chi connectivity index (χ1) is 15.5. The number of aromatic nitrogens is 3. The van der Waals surface area contributed by atoms with Crippen LogP contribution in [0.3, 0.4) is 0 Å². The van der Waals surface area contributed by atoms with E-state index in [-0.39, 0.29) is 5.75 Å². The van der Waals surface area contributed by atoms with Crippen LogP contribution in [0, 0.1) is 4.77 Å². The SMILES string of the molecule is CCN(CC)c1ccc(/C=N\n2c(-c3cc(OC)c(OC)c(OC)c3)n[nH]c2=S)c(O)c1. The molecule has 0 spiro atoms. The van der Waals surface area contributed by atoms with Gasteiger partial charge < -0.3 is 24.2 Å². The van der Waals surface area contributed by atoms with Crippen molar-refractivity contribution in [3.63, 3.8) is 0 Å². The van der Waals surface area contributed by atoms with Gasteiger partial charge in [-0.3, -0.25) is 0 Å². The Kier molecular flexibility index (Phi) is 7.37. The van der Waals surface area contributed by atoms with Crippen LogP contribution >= 0.6 is 12.2 Å². The van der Waals surface area contributed by atoms with E-state index in [0.717, 1.165) is 18.8 Å². The molecule has 0 unspecified atom stereocenters. The number of aromatic hydroxyl groups is 1. The van der Waals surface area contributed by atoms with Crippen LogP contribution in [0.25, 0.3) is 11.4 Å². The second-order valence-electron chi connectivity index (χ2n) is 6.74. The summed E-state index contributed by atoms with van der Waals surface area (Å²) in [5.41, 5.74) is 2.16. The Morgan fingerprint density at radius 3 is 2.28 bits per heavy atom. The van der Waals surface area contributed by atoms with Crippen molar-refractivity contribution in [1.29, 1.82) is 0 Å². The van der Waals surface area contributed by atoms with Crippen molar-refractivity contribution in [3.8, 4) is 34.4 Å². The highest BCUT2D eigenvalue weighted by Crippen LogP contribution is 2.40. The average Bonchev–Trinajstić information content (AvgIpc) is 3.18. The monoisotopic (exact) mass is 457 g/mol. The lowest BCUT2D eigenvalue weighted by molar-refractivity contribution is 0.324. The molecule has 0 aliphatic heterocycles. The number of nitrogens with zero attached hydrogens (tertiary/aromatic N) is 4. The summed E-state index contributed by atoms with van der Waals surface area (Å²) >= 11 is 5.35. The van der Waals surface area contributed by atoms with Crippen LogP contribution in [0.2, 0.25) is 0 Å². The lowest BCUT2D eigenvalue weighted by Crippen LogP contribution is -2.21. The Morgan fingerprint density at radius 1 is 1.09 bits per heavy atom. The third-order valence-corrected chi connectivity index (χ3v) is 5.29. The number of hydrogen-bond donors (Lipinski definition) is 2. The number of phenols is 1. The fourth-order valence-electron chi connectivity index (χ4n) is 3.34. The number of ether oxygens (including phenoxy) is 3. The highest BCUT2D eigenvalue weighted by Gasteiger charge is 2.17. The van der Waals surface area contributed by atoms with Gasteiger partial charge in [-0.1, -0.05) is 0 Å². The van der Waals surface area contributed by atoms with Crippen LogP contribution in [-0.4, -0.2) is 60.6 Å². The molecule has 0 saturated carbocycles. The number of anilines is 1. The molecule has 3 rings (SSSR count). The van der Waals surface area contributed by atoms with Gasteiger partial charge in [-0.15, -0.1) is 0 Å². The zero-order chi connectivity index (χ0) is 23.3. The summed E-state index contributed by atoms with van der Waals surface area (Å²) in [6.07, 6.45) is 1.54. The van der Waals surface area contributed by atoms with Gasteiger partial charge in [0, 0.05) is 36.0 Å². The lowest BCUT2D eigenvalue weighted by Gasteiger charge is -2.21. The maximum atomic E-state index is 10.5. The Hall–Kier alpha value is -3.53. The molecule has 2 N–H and O–H groups in total. The third kappa shape index (κ3) is 4.54. The molecule has 1 aromatic heterocycles. The van der Waals surface area contributed by atoms with Gasteiger partial charge in [0.25, 0.3) is 0 Å². The van der Waals surface area contributed by atoms with Crippen LogP contribution in [-0.2, 0) is 0 Å². The maximum Gasteiger partial charge on any atom is 0.216 e. The largest absolute Gasteiger partial charge is 0.507 e.